The Labute approximate surface area is 139 Å². The van der Waals surface area contributed by atoms with Crippen LogP contribution in [0.3, 0.4) is 0 Å². The third kappa shape index (κ3) is 3.93. The number of rotatable bonds is 7. The first-order valence-corrected chi connectivity index (χ1v) is 6.95. The SMILES string of the molecule is O=C(CCl)c1c[nH]c(/C=N\Nc2ccc([N+](=O)[O-])cc2[N+](=O)[O-])c1. The summed E-state index contributed by atoms with van der Waals surface area (Å²) in [5.41, 5.74) is 2.40. The van der Waals surface area contributed by atoms with Crippen LogP contribution in [-0.4, -0.2) is 32.7 Å². The maximum atomic E-state index is 11.4. The minimum Gasteiger partial charge on any atom is -0.360 e. The number of hydrogen-bond acceptors (Lipinski definition) is 7. The van der Waals surface area contributed by atoms with E-state index >= 15 is 0 Å². The predicted octanol–water partition coefficient (Wildman–Crippen LogP) is 2.70. The topological polar surface area (TPSA) is 144 Å². The quantitative estimate of drug-likeness (QED) is 0.258. The van der Waals surface area contributed by atoms with Crippen molar-refractivity contribution in [2.75, 3.05) is 11.3 Å². The molecule has 0 fully saturated rings. The molecule has 0 saturated heterocycles. The fourth-order valence-electron chi connectivity index (χ4n) is 1.78. The number of benzene rings is 1. The molecule has 2 rings (SSSR count). The van der Waals surface area contributed by atoms with Crippen LogP contribution in [0.4, 0.5) is 17.1 Å². The van der Waals surface area contributed by atoms with Gasteiger partial charge in [0.15, 0.2) is 5.78 Å². The number of H-pyrrole nitrogens is 1. The van der Waals surface area contributed by atoms with Crippen LogP contribution in [0.15, 0.2) is 35.6 Å². The average molecular weight is 352 g/mol. The van der Waals surface area contributed by atoms with Gasteiger partial charge in [-0.25, -0.2) is 0 Å². The number of Topliss-reactive ketones (excluding diaryl/α,β-unsaturated/α-hetero) is 1. The average Bonchev–Trinajstić information content (AvgIpc) is 3.02. The number of non-ortho nitro benzene ring substituents is 1. The fourth-order valence-corrected chi connectivity index (χ4v) is 1.93. The summed E-state index contributed by atoms with van der Waals surface area (Å²) in [6.07, 6.45) is 2.76. The van der Waals surface area contributed by atoms with E-state index in [4.69, 9.17) is 11.6 Å². The van der Waals surface area contributed by atoms with Gasteiger partial charge >= 0.3 is 5.69 Å². The lowest BCUT2D eigenvalue weighted by molar-refractivity contribution is -0.393. The van der Waals surface area contributed by atoms with E-state index in [-0.39, 0.29) is 17.4 Å². The molecule has 0 amide bonds. The molecule has 1 heterocycles. The second-order valence-electron chi connectivity index (χ2n) is 4.49. The van der Waals surface area contributed by atoms with Crippen LogP contribution >= 0.6 is 11.6 Å². The van der Waals surface area contributed by atoms with Gasteiger partial charge in [-0.2, -0.15) is 5.10 Å². The molecule has 0 atom stereocenters. The Balaban J connectivity index is 2.16. The van der Waals surface area contributed by atoms with Crippen molar-refractivity contribution in [3.63, 3.8) is 0 Å². The third-order valence-corrected chi connectivity index (χ3v) is 3.17. The van der Waals surface area contributed by atoms with Crippen molar-refractivity contribution in [2.45, 2.75) is 0 Å². The highest BCUT2D eigenvalue weighted by molar-refractivity contribution is 6.30. The van der Waals surface area contributed by atoms with Gasteiger partial charge in [-0.05, 0) is 12.1 Å². The molecular formula is C13H10ClN5O5. The van der Waals surface area contributed by atoms with E-state index in [1.54, 1.807) is 0 Å². The first-order valence-electron chi connectivity index (χ1n) is 6.42. The van der Waals surface area contributed by atoms with Crippen LogP contribution in [0.5, 0.6) is 0 Å². The van der Waals surface area contributed by atoms with Crippen molar-refractivity contribution in [1.29, 1.82) is 0 Å². The molecule has 1 aromatic heterocycles. The van der Waals surface area contributed by atoms with E-state index in [2.05, 4.69) is 15.5 Å². The monoisotopic (exact) mass is 351 g/mol. The van der Waals surface area contributed by atoms with E-state index in [1.807, 2.05) is 0 Å². The number of carbonyl (C=O) groups excluding carboxylic acids is 1. The van der Waals surface area contributed by atoms with Gasteiger partial charge in [-0.15, -0.1) is 11.6 Å². The van der Waals surface area contributed by atoms with E-state index < -0.39 is 21.2 Å². The number of anilines is 1. The second-order valence-corrected chi connectivity index (χ2v) is 4.75. The van der Waals surface area contributed by atoms with Crippen LogP contribution in [0.25, 0.3) is 0 Å². The first kappa shape index (κ1) is 17.1. The lowest BCUT2D eigenvalue weighted by Crippen LogP contribution is -1.99. The summed E-state index contributed by atoms with van der Waals surface area (Å²) < 4.78 is 0. The highest BCUT2D eigenvalue weighted by Gasteiger charge is 2.19. The maximum Gasteiger partial charge on any atom is 0.301 e. The molecule has 10 nitrogen and oxygen atoms in total. The lowest BCUT2D eigenvalue weighted by atomic mass is 10.2. The van der Waals surface area contributed by atoms with Crippen LogP contribution in [0.2, 0.25) is 0 Å². The van der Waals surface area contributed by atoms with Crippen molar-refractivity contribution in [3.05, 3.63) is 61.9 Å². The van der Waals surface area contributed by atoms with E-state index in [0.717, 1.165) is 12.1 Å². The van der Waals surface area contributed by atoms with Gasteiger partial charge in [0.1, 0.15) is 5.69 Å². The van der Waals surface area contributed by atoms with E-state index in [1.165, 1.54) is 24.5 Å². The molecule has 0 aliphatic carbocycles. The van der Waals surface area contributed by atoms with Crippen molar-refractivity contribution < 1.29 is 14.6 Å². The predicted molar refractivity (Wildman–Crippen MR) is 86.8 cm³/mol. The Morgan fingerprint density at radius 3 is 2.67 bits per heavy atom. The molecule has 0 aliphatic heterocycles. The standard InChI is InChI=1S/C13H10ClN5O5/c14-5-13(20)8-3-9(15-6-8)7-16-17-11-2-1-10(18(21)22)4-12(11)19(23)24/h1-4,6-7,15,17H,5H2/b16-7-. The first-order chi connectivity index (χ1) is 11.4. The van der Waals surface area contributed by atoms with Gasteiger partial charge in [0.25, 0.3) is 5.69 Å². The molecule has 0 radical (unpaired) electrons. The van der Waals surface area contributed by atoms with E-state index in [9.17, 15) is 25.0 Å². The largest absolute Gasteiger partial charge is 0.360 e. The molecular weight excluding hydrogens is 342 g/mol. The summed E-state index contributed by atoms with van der Waals surface area (Å²) in [4.78, 5) is 34.3. The summed E-state index contributed by atoms with van der Waals surface area (Å²) in [5.74, 6) is -0.409. The Bertz CT molecular complexity index is 832. The van der Waals surface area contributed by atoms with Gasteiger partial charge < -0.3 is 4.98 Å². The van der Waals surface area contributed by atoms with Crippen molar-refractivity contribution in [3.8, 4) is 0 Å². The van der Waals surface area contributed by atoms with Crippen molar-refractivity contribution >= 4 is 40.7 Å². The lowest BCUT2D eigenvalue weighted by Gasteiger charge is -2.01. The highest BCUT2D eigenvalue weighted by atomic mass is 35.5. The van der Waals surface area contributed by atoms with Gasteiger partial charge in [0.05, 0.1) is 33.7 Å². The van der Waals surface area contributed by atoms with Gasteiger partial charge in [0, 0.05) is 17.8 Å². The molecule has 0 bridgehead atoms. The van der Waals surface area contributed by atoms with E-state index in [0.29, 0.717) is 11.3 Å². The number of nitrogens with zero attached hydrogens (tertiary/aromatic N) is 3. The maximum absolute atomic E-state index is 11.4. The summed E-state index contributed by atoms with van der Waals surface area (Å²) >= 11 is 5.44. The number of alkyl halides is 1. The number of hydrazone groups is 1. The zero-order valence-corrected chi connectivity index (χ0v) is 12.7. The number of nitro groups is 2. The zero-order chi connectivity index (χ0) is 17.7. The normalized spacial score (nSPS) is 10.7. The van der Waals surface area contributed by atoms with Gasteiger partial charge in [-0.3, -0.25) is 30.4 Å². The number of nitrogens with one attached hydrogen (secondary N) is 2. The number of ketones is 1. The van der Waals surface area contributed by atoms with Gasteiger partial charge in [0.2, 0.25) is 0 Å². The summed E-state index contributed by atoms with van der Waals surface area (Å²) in [7, 11) is 0. The van der Waals surface area contributed by atoms with Crippen LogP contribution in [0.1, 0.15) is 16.1 Å². The minimum atomic E-state index is -0.753. The zero-order valence-electron chi connectivity index (χ0n) is 11.9. The molecule has 2 N–H and O–H groups in total. The molecule has 124 valence electrons. The van der Waals surface area contributed by atoms with Crippen LogP contribution in [0, 0.1) is 20.2 Å². The van der Waals surface area contributed by atoms with Crippen molar-refractivity contribution in [2.24, 2.45) is 5.10 Å². The molecule has 24 heavy (non-hydrogen) atoms. The van der Waals surface area contributed by atoms with Crippen molar-refractivity contribution in [1.82, 2.24) is 4.98 Å². The number of carbonyl (C=O) groups is 1. The number of hydrogen-bond donors (Lipinski definition) is 2. The molecule has 1 aromatic carbocycles. The molecule has 0 spiro atoms. The fraction of sp³-hybridized carbons (Fsp3) is 0.0769. The molecule has 2 aromatic rings. The highest BCUT2D eigenvalue weighted by Crippen LogP contribution is 2.28. The molecule has 0 saturated carbocycles. The van der Waals surface area contributed by atoms with Gasteiger partial charge in [-0.1, -0.05) is 0 Å². The smallest absolute Gasteiger partial charge is 0.301 e. The van der Waals surface area contributed by atoms with Crippen LogP contribution < -0.4 is 5.43 Å². The number of halogens is 1. The third-order valence-electron chi connectivity index (χ3n) is 2.93. The summed E-state index contributed by atoms with van der Waals surface area (Å²) in [6.45, 7) is 0. The molecule has 11 heteroatoms. The second kappa shape index (κ2) is 7.33. The Hall–Kier alpha value is -3.27. The number of aromatic nitrogens is 1. The molecule has 0 aliphatic rings. The summed E-state index contributed by atoms with van der Waals surface area (Å²) in [5, 5.41) is 25.4. The Kier molecular flexibility index (Phi) is 5.22. The molecule has 0 unspecified atom stereocenters. The van der Waals surface area contributed by atoms with Crippen LogP contribution in [-0.2, 0) is 0 Å². The minimum absolute atomic E-state index is 0.00883. The number of nitro benzene ring substituents is 2. The number of aromatic amines is 1. The Morgan fingerprint density at radius 2 is 2.04 bits per heavy atom. The summed E-state index contributed by atoms with van der Waals surface area (Å²) in [6, 6.07) is 4.66. The Morgan fingerprint density at radius 1 is 1.29 bits per heavy atom.